The van der Waals surface area contributed by atoms with E-state index in [1.54, 1.807) is 0 Å². The number of piperazine rings is 1. The molecule has 1 saturated heterocycles. The van der Waals surface area contributed by atoms with Crippen LogP contribution in [-0.4, -0.2) is 41.6 Å². The summed E-state index contributed by atoms with van der Waals surface area (Å²) in [5.41, 5.74) is 3.66. The second kappa shape index (κ2) is 5.57. The van der Waals surface area contributed by atoms with Crippen molar-refractivity contribution < 1.29 is 4.79 Å². The maximum atomic E-state index is 12.2. The average Bonchev–Trinajstić information content (AvgIpc) is 2.65. The summed E-state index contributed by atoms with van der Waals surface area (Å²) in [6, 6.07) is 2.15. The fourth-order valence-electron chi connectivity index (χ4n) is 2.73. The van der Waals surface area contributed by atoms with E-state index >= 15 is 0 Å². The molecule has 2 rings (SSSR count). The van der Waals surface area contributed by atoms with E-state index in [0.717, 1.165) is 32.7 Å². The van der Waals surface area contributed by atoms with E-state index < -0.39 is 0 Å². The van der Waals surface area contributed by atoms with Gasteiger partial charge in [-0.2, -0.15) is 0 Å². The zero-order chi connectivity index (χ0) is 13.1. The number of hydrogen-bond acceptors (Lipinski definition) is 2. The van der Waals surface area contributed by atoms with Crippen LogP contribution in [0.5, 0.6) is 0 Å². The van der Waals surface area contributed by atoms with Crippen LogP contribution in [0, 0.1) is 13.8 Å². The quantitative estimate of drug-likeness (QED) is 0.871. The monoisotopic (exact) mass is 249 g/mol. The van der Waals surface area contributed by atoms with Crippen molar-refractivity contribution in [3.63, 3.8) is 0 Å². The molecule has 0 radical (unpaired) electrons. The molecule has 2 heterocycles. The van der Waals surface area contributed by atoms with Crippen molar-refractivity contribution in [2.75, 3.05) is 26.2 Å². The van der Waals surface area contributed by atoms with Gasteiger partial charge < -0.3 is 14.8 Å². The Morgan fingerprint density at radius 2 is 2.00 bits per heavy atom. The van der Waals surface area contributed by atoms with Gasteiger partial charge in [-0.25, -0.2) is 0 Å². The second-order valence-corrected chi connectivity index (χ2v) is 4.95. The van der Waals surface area contributed by atoms with Crippen LogP contribution in [0.1, 0.15) is 23.9 Å². The van der Waals surface area contributed by atoms with Gasteiger partial charge in [-0.3, -0.25) is 4.79 Å². The van der Waals surface area contributed by atoms with E-state index in [2.05, 4.69) is 36.7 Å². The Kier molecular flexibility index (Phi) is 4.07. The first-order chi connectivity index (χ1) is 8.63. The topological polar surface area (TPSA) is 37.3 Å². The van der Waals surface area contributed by atoms with Crippen molar-refractivity contribution in [1.29, 1.82) is 0 Å². The Bertz CT molecular complexity index is 430. The lowest BCUT2D eigenvalue weighted by atomic mass is 10.1. The Morgan fingerprint density at radius 1 is 1.33 bits per heavy atom. The molecule has 1 aromatic rings. The number of nitrogens with zero attached hydrogens (tertiary/aromatic N) is 2. The molecule has 100 valence electrons. The van der Waals surface area contributed by atoms with Gasteiger partial charge >= 0.3 is 0 Å². The molecule has 1 N–H and O–H groups in total. The lowest BCUT2D eigenvalue weighted by Crippen LogP contribution is -2.46. The highest BCUT2D eigenvalue weighted by Crippen LogP contribution is 2.16. The minimum Gasteiger partial charge on any atom is -0.349 e. The van der Waals surface area contributed by atoms with E-state index in [4.69, 9.17) is 0 Å². The molecule has 0 atom stereocenters. The first-order valence-corrected chi connectivity index (χ1v) is 6.77. The molecule has 1 fully saturated rings. The third kappa shape index (κ3) is 2.58. The maximum absolute atomic E-state index is 12.2. The van der Waals surface area contributed by atoms with E-state index in [1.807, 2.05) is 4.90 Å². The van der Waals surface area contributed by atoms with E-state index in [1.165, 1.54) is 17.0 Å². The summed E-state index contributed by atoms with van der Waals surface area (Å²) >= 11 is 0. The van der Waals surface area contributed by atoms with Gasteiger partial charge in [0.25, 0.3) is 0 Å². The highest BCUT2D eigenvalue weighted by atomic mass is 16.2. The summed E-state index contributed by atoms with van der Waals surface area (Å²) in [6.45, 7) is 10.8. The van der Waals surface area contributed by atoms with Crippen LogP contribution in [0.3, 0.4) is 0 Å². The van der Waals surface area contributed by atoms with Crippen molar-refractivity contribution in [2.45, 2.75) is 33.7 Å². The third-order valence-electron chi connectivity index (χ3n) is 3.81. The molecule has 0 unspecified atom stereocenters. The predicted octanol–water partition coefficient (Wildman–Crippen LogP) is 1.10. The van der Waals surface area contributed by atoms with Gasteiger partial charge in [-0.1, -0.05) is 0 Å². The summed E-state index contributed by atoms with van der Waals surface area (Å²) in [7, 11) is 0. The minimum atomic E-state index is 0.257. The fraction of sp³-hybridized carbons (Fsp3) is 0.643. The van der Waals surface area contributed by atoms with Crippen molar-refractivity contribution in [3.05, 3.63) is 23.0 Å². The van der Waals surface area contributed by atoms with Gasteiger partial charge in [0.15, 0.2) is 0 Å². The molecule has 0 aliphatic carbocycles. The Labute approximate surface area is 109 Å². The molecule has 4 nitrogen and oxygen atoms in total. The normalized spacial score (nSPS) is 16.1. The smallest absolute Gasteiger partial charge is 0.227 e. The average molecular weight is 249 g/mol. The lowest BCUT2D eigenvalue weighted by Gasteiger charge is -2.27. The van der Waals surface area contributed by atoms with Crippen molar-refractivity contribution in [1.82, 2.24) is 14.8 Å². The first kappa shape index (κ1) is 13.1. The number of aryl methyl sites for hydroxylation is 1. The van der Waals surface area contributed by atoms with Gasteiger partial charge in [-0.05, 0) is 32.4 Å². The molecular weight excluding hydrogens is 226 g/mol. The maximum Gasteiger partial charge on any atom is 0.227 e. The summed E-state index contributed by atoms with van der Waals surface area (Å²) in [5, 5.41) is 3.27. The molecule has 18 heavy (non-hydrogen) atoms. The lowest BCUT2D eigenvalue weighted by molar-refractivity contribution is -0.131. The Hall–Kier alpha value is -1.29. The SMILES string of the molecule is CCn1c(C)cc(CC(=O)N2CCNCC2)c1C. The Morgan fingerprint density at radius 3 is 2.56 bits per heavy atom. The van der Waals surface area contributed by atoms with Gasteiger partial charge in [-0.15, -0.1) is 0 Å². The zero-order valence-corrected chi connectivity index (χ0v) is 11.6. The van der Waals surface area contributed by atoms with E-state index in [9.17, 15) is 4.79 Å². The van der Waals surface area contributed by atoms with Crippen molar-refractivity contribution in [2.24, 2.45) is 0 Å². The first-order valence-electron chi connectivity index (χ1n) is 6.77. The third-order valence-corrected chi connectivity index (χ3v) is 3.81. The standard InChI is InChI=1S/C14H23N3O/c1-4-17-11(2)9-13(12(17)3)10-14(18)16-7-5-15-6-8-16/h9,15H,4-8,10H2,1-3H3. The van der Waals surface area contributed by atoms with Crippen molar-refractivity contribution >= 4 is 5.91 Å². The summed E-state index contributed by atoms with van der Waals surface area (Å²) in [6.07, 6.45) is 0.541. The largest absolute Gasteiger partial charge is 0.349 e. The molecule has 1 aliphatic heterocycles. The van der Waals surface area contributed by atoms with Crippen LogP contribution >= 0.6 is 0 Å². The summed E-state index contributed by atoms with van der Waals surface area (Å²) in [5.74, 6) is 0.257. The Balaban J connectivity index is 2.06. The molecule has 0 aromatic carbocycles. The van der Waals surface area contributed by atoms with E-state index in [-0.39, 0.29) is 5.91 Å². The number of amides is 1. The van der Waals surface area contributed by atoms with E-state index in [0.29, 0.717) is 6.42 Å². The summed E-state index contributed by atoms with van der Waals surface area (Å²) in [4.78, 5) is 14.2. The van der Waals surface area contributed by atoms with Crippen LogP contribution in [-0.2, 0) is 17.8 Å². The van der Waals surface area contributed by atoms with Gasteiger partial charge in [0.05, 0.1) is 6.42 Å². The van der Waals surface area contributed by atoms with Crippen LogP contribution < -0.4 is 5.32 Å². The predicted molar refractivity (Wildman–Crippen MR) is 72.7 cm³/mol. The van der Waals surface area contributed by atoms with Crippen LogP contribution in [0.2, 0.25) is 0 Å². The molecule has 1 aliphatic rings. The van der Waals surface area contributed by atoms with Gasteiger partial charge in [0, 0.05) is 44.1 Å². The number of aromatic nitrogens is 1. The zero-order valence-electron chi connectivity index (χ0n) is 11.6. The van der Waals surface area contributed by atoms with Gasteiger partial charge in [0.2, 0.25) is 5.91 Å². The number of carbonyl (C=O) groups excluding carboxylic acids is 1. The molecule has 0 bridgehead atoms. The number of hydrogen-bond donors (Lipinski definition) is 1. The molecule has 0 spiro atoms. The number of rotatable bonds is 3. The minimum absolute atomic E-state index is 0.257. The van der Waals surface area contributed by atoms with Crippen LogP contribution in [0.15, 0.2) is 6.07 Å². The molecular formula is C14H23N3O. The number of carbonyl (C=O) groups is 1. The second-order valence-electron chi connectivity index (χ2n) is 4.95. The molecule has 0 saturated carbocycles. The molecule has 1 amide bonds. The fourth-order valence-corrected chi connectivity index (χ4v) is 2.73. The molecule has 1 aromatic heterocycles. The van der Waals surface area contributed by atoms with Crippen molar-refractivity contribution in [3.8, 4) is 0 Å². The molecule has 4 heteroatoms. The highest BCUT2D eigenvalue weighted by Gasteiger charge is 2.18. The number of nitrogens with one attached hydrogen (secondary N) is 1. The van der Waals surface area contributed by atoms with Gasteiger partial charge in [0.1, 0.15) is 0 Å². The van der Waals surface area contributed by atoms with Crippen LogP contribution in [0.4, 0.5) is 0 Å². The highest BCUT2D eigenvalue weighted by molar-refractivity contribution is 5.79. The van der Waals surface area contributed by atoms with Crippen LogP contribution in [0.25, 0.3) is 0 Å². The summed E-state index contributed by atoms with van der Waals surface area (Å²) < 4.78 is 2.26.